The van der Waals surface area contributed by atoms with Gasteiger partial charge in [-0.1, -0.05) is 46.9 Å². The molecule has 4 rings (SSSR count). The van der Waals surface area contributed by atoms with E-state index in [-0.39, 0.29) is 35.1 Å². The van der Waals surface area contributed by atoms with Gasteiger partial charge in [0.05, 0.1) is 22.9 Å². The van der Waals surface area contributed by atoms with Crippen LogP contribution in [0.15, 0.2) is 66.2 Å². The van der Waals surface area contributed by atoms with Gasteiger partial charge in [-0.2, -0.15) is 0 Å². The number of ether oxygens (including phenoxy) is 2. The van der Waals surface area contributed by atoms with Crippen molar-refractivity contribution in [2.75, 3.05) is 11.5 Å². The molecule has 3 aromatic carbocycles. The summed E-state index contributed by atoms with van der Waals surface area (Å²) >= 11 is 18.5. The van der Waals surface area contributed by atoms with E-state index in [0.29, 0.717) is 26.9 Å². The highest BCUT2D eigenvalue weighted by Crippen LogP contribution is 2.30. The predicted octanol–water partition coefficient (Wildman–Crippen LogP) is 6.07. The zero-order valence-electron chi connectivity index (χ0n) is 19.8. The number of esters is 1. The van der Waals surface area contributed by atoms with Crippen molar-refractivity contribution in [3.05, 3.63) is 98.0 Å². The van der Waals surface area contributed by atoms with E-state index in [9.17, 15) is 19.2 Å². The lowest BCUT2D eigenvalue weighted by atomic mass is 10.1. The molecule has 0 spiro atoms. The SMILES string of the molecule is CCOC(=O)c1ccc(N2C(=O)NC(=O)/C(=C\c3ccc(OCc4ccc(Cl)cc4Cl)c(Cl)c3)C2=O)cc1. The van der Waals surface area contributed by atoms with Gasteiger partial charge in [0, 0.05) is 15.6 Å². The Hall–Kier alpha value is -3.85. The van der Waals surface area contributed by atoms with E-state index in [1.165, 1.54) is 36.4 Å². The van der Waals surface area contributed by atoms with Gasteiger partial charge in [0.2, 0.25) is 0 Å². The van der Waals surface area contributed by atoms with Crippen LogP contribution >= 0.6 is 34.8 Å². The van der Waals surface area contributed by atoms with Crippen LogP contribution in [-0.2, 0) is 20.9 Å². The largest absolute Gasteiger partial charge is 0.487 e. The smallest absolute Gasteiger partial charge is 0.338 e. The van der Waals surface area contributed by atoms with Crippen molar-refractivity contribution in [3.8, 4) is 5.75 Å². The number of urea groups is 1. The van der Waals surface area contributed by atoms with Gasteiger partial charge in [0.1, 0.15) is 17.9 Å². The average Bonchev–Trinajstić information content (AvgIpc) is 2.87. The van der Waals surface area contributed by atoms with Crippen LogP contribution in [0.3, 0.4) is 0 Å². The number of carbonyl (C=O) groups excluding carboxylic acids is 4. The number of hydrogen-bond acceptors (Lipinski definition) is 6. The predicted molar refractivity (Wildman–Crippen MR) is 144 cm³/mol. The van der Waals surface area contributed by atoms with Crippen molar-refractivity contribution in [2.24, 2.45) is 0 Å². The zero-order chi connectivity index (χ0) is 27.4. The molecule has 1 heterocycles. The molecular formula is C27H19Cl3N2O6. The van der Waals surface area contributed by atoms with Crippen molar-refractivity contribution in [3.63, 3.8) is 0 Å². The highest BCUT2D eigenvalue weighted by atomic mass is 35.5. The Kier molecular flexibility index (Phi) is 8.36. The first-order chi connectivity index (χ1) is 18.2. The van der Waals surface area contributed by atoms with Crippen LogP contribution in [0, 0.1) is 0 Å². The molecule has 0 atom stereocenters. The van der Waals surface area contributed by atoms with Crippen molar-refractivity contribution in [1.29, 1.82) is 0 Å². The Labute approximate surface area is 232 Å². The topological polar surface area (TPSA) is 102 Å². The summed E-state index contributed by atoms with van der Waals surface area (Å²) in [7, 11) is 0. The number of hydrogen-bond donors (Lipinski definition) is 1. The quantitative estimate of drug-likeness (QED) is 0.209. The van der Waals surface area contributed by atoms with Gasteiger partial charge in [-0.15, -0.1) is 0 Å². The Morgan fingerprint density at radius 3 is 2.34 bits per heavy atom. The summed E-state index contributed by atoms with van der Waals surface area (Å²) in [6.07, 6.45) is 1.32. The van der Waals surface area contributed by atoms with E-state index in [4.69, 9.17) is 44.3 Å². The number of amides is 4. The van der Waals surface area contributed by atoms with Gasteiger partial charge in [-0.3, -0.25) is 14.9 Å². The summed E-state index contributed by atoms with van der Waals surface area (Å²) in [4.78, 5) is 50.8. The Morgan fingerprint density at radius 2 is 1.68 bits per heavy atom. The van der Waals surface area contributed by atoms with Crippen LogP contribution < -0.4 is 15.0 Å². The van der Waals surface area contributed by atoms with E-state index >= 15 is 0 Å². The van der Waals surface area contributed by atoms with Crippen molar-refractivity contribution in [1.82, 2.24) is 5.32 Å². The van der Waals surface area contributed by atoms with Crippen LogP contribution in [-0.4, -0.2) is 30.4 Å². The number of nitrogens with zero attached hydrogens (tertiary/aromatic N) is 1. The molecule has 0 bridgehead atoms. The first kappa shape index (κ1) is 27.2. The summed E-state index contributed by atoms with van der Waals surface area (Å²) < 4.78 is 10.7. The number of anilines is 1. The number of barbiturate groups is 1. The summed E-state index contributed by atoms with van der Waals surface area (Å²) in [6, 6.07) is 14.5. The van der Waals surface area contributed by atoms with Gasteiger partial charge in [0.25, 0.3) is 11.8 Å². The molecule has 1 N–H and O–H groups in total. The van der Waals surface area contributed by atoms with Gasteiger partial charge in [-0.05, 0) is 67.1 Å². The number of nitrogens with one attached hydrogen (secondary N) is 1. The molecule has 0 aromatic heterocycles. The monoisotopic (exact) mass is 572 g/mol. The van der Waals surface area contributed by atoms with E-state index in [1.807, 2.05) is 0 Å². The summed E-state index contributed by atoms with van der Waals surface area (Å²) in [5.41, 5.74) is 1.28. The minimum Gasteiger partial charge on any atom is -0.487 e. The van der Waals surface area contributed by atoms with Crippen LogP contribution in [0.25, 0.3) is 6.08 Å². The van der Waals surface area contributed by atoms with Gasteiger partial charge in [-0.25, -0.2) is 14.5 Å². The molecule has 0 radical (unpaired) electrons. The normalized spacial score (nSPS) is 14.5. The fourth-order valence-corrected chi connectivity index (χ4v) is 4.24. The van der Waals surface area contributed by atoms with Crippen LogP contribution in [0.4, 0.5) is 10.5 Å². The molecule has 4 amide bonds. The number of carbonyl (C=O) groups is 4. The second-order valence-electron chi connectivity index (χ2n) is 7.94. The minimum atomic E-state index is -0.913. The molecule has 0 saturated carbocycles. The molecule has 11 heteroatoms. The van der Waals surface area contributed by atoms with Crippen LogP contribution in [0.2, 0.25) is 15.1 Å². The number of rotatable bonds is 7. The third kappa shape index (κ3) is 5.99. The molecular weight excluding hydrogens is 555 g/mol. The second kappa shape index (κ2) is 11.7. The Balaban J connectivity index is 1.53. The maximum absolute atomic E-state index is 13.1. The van der Waals surface area contributed by atoms with Gasteiger partial charge < -0.3 is 9.47 Å². The number of benzene rings is 3. The minimum absolute atomic E-state index is 0.142. The molecule has 1 aliphatic heterocycles. The molecule has 3 aromatic rings. The molecule has 0 unspecified atom stereocenters. The first-order valence-electron chi connectivity index (χ1n) is 11.2. The molecule has 194 valence electrons. The van der Waals surface area contributed by atoms with Crippen molar-refractivity contribution >= 4 is 70.4 Å². The standard InChI is InChI=1S/C27H19Cl3N2O6/c1-2-37-26(35)16-5-8-19(9-6-16)32-25(34)20(24(33)31-27(32)36)11-15-3-10-23(22(30)12-15)38-14-17-4-7-18(28)13-21(17)29/h3-13H,2,14H2,1H3,(H,31,33,36)/b20-11+. The lowest BCUT2D eigenvalue weighted by molar-refractivity contribution is -0.122. The van der Waals surface area contributed by atoms with Crippen LogP contribution in [0.5, 0.6) is 5.75 Å². The highest BCUT2D eigenvalue weighted by molar-refractivity contribution is 6.39. The lowest BCUT2D eigenvalue weighted by Crippen LogP contribution is -2.54. The first-order valence-corrected chi connectivity index (χ1v) is 12.4. The third-order valence-electron chi connectivity index (χ3n) is 5.40. The fourth-order valence-electron chi connectivity index (χ4n) is 3.54. The van der Waals surface area contributed by atoms with E-state index < -0.39 is 23.8 Å². The van der Waals surface area contributed by atoms with Gasteiger partial charge >= 0.3 is 12.0 Å². The summed E-state index contributed by atoms with van der Waals surface area (Å²) in [5, 5.41) is 3.33. The number of imide groups is 2. The van der Waals surface area contributed by atoms with E-state index in [1.54, 1.807) is 37.3 Å². The summed E-state index contributed by atoms with van der Waals surface area (Å²) in [5.74, 6) is -1.87. The molecule has 1 fully saturated rings. The maximum atomic E-state index is 13.1. The van der Waals surface area contributed by atoms with Gasteiger partial charge in [0.15, 0.2) is 0 Å². The third-order valence-corrected chi connectivity index (χ3v) is 6.29. The second-order valence-corrected chi connectivity index (χ2v) is 9.19. The summed E-state index contributed by atoms with van der Waals surface area (Å²) in [6.45, 7) is 2.03. The van der Waals surface area contributed by atoms with Crippen molar-refractivity contribution < 1.29 is 28.7 Å². The molecule has 8 nitrogen and oxygen atoms in total. The number of halogens is 3. The average molecular weight is 574 g/mol. The van der Waals surface area contributed by atoms with Crippen LogP contribution in [0.1, 0.15) is 28.4 Å². The van der Waals surface area contributed by atoms with E-state index in [2.05, 4.69) is 5.32 Å². The highest BCUT2D eigenvalue weighted by Gasteiger charge is 2.36. The maximum Gasteiger partial charge on any atom is 0.338 e. The molecule has 1 aliphatic rings. The lowest BCUT2D eigenvalue weighted by Gasteiger charge is -2.26. The molecule has 38 heavy (non-hydrogen) atoms. The zero-order valence-corrected chi connectivity index (χ0v) is 22.1. The molecule has 1 saturated heterocycles. The van der Waals surface area contributed by atoms with Crippen molar-refractivity contribution in [2.45, 2.75) is 13.5 Å². The molecule has 0 aliphatic carbocycles. The Bertz CT molecular complexity index is 1470. The fraction of sp³-hybridized carbons (Fsp3) is 0.111. The Morgan fingerprint density at radius 1 is 0.947 bits per heavy atom. The van der Waals surface area contributed by atoms with E-state index in [0.717, 1.165) is 4.90 Å².